The molecule has 0 amide bonds. The molecule has 0 aliphatic carbocycles. The number of benzene rings is 1. The first kappa shape index (κ1) is 9.80. The van der Waals surface area contributed by atoms with E-state index in [0.717, 1.165) is 12.8 Å². The molecule has 1 aromatic rings. The highest BCUT2D eigenvalue weighted by Gasteiger charge is 2.21. The van der Waals surface area contributed by atoms with Gasteiger partial charge in [0.2, 0.25) is 0 Å². The summed E-state index contributed by atoms with van der Waals surface area (Å²) < 4.78 is 0. The molecule has 0 saturated heterocycles. The normalized spacial score (nSPS) is 14.5. The average Bonchev–Trinajstić information content (AvgIpc) is 2.19. The zero-order valence-electron chi connectivity index (χ0n) is 8.25. The Labute approximate surface area is 80.0 Å². The van der Waals surface area contributed by atoms with E-state index in [4.69, 9.17) is 5.26 Å². The van der Waals surface area contributed by atoms with Gasteiger partial charge in [-0.3, -0.25) is 0 Å². The Balaban J connectivity index is 2.75. The summed E-state index contributed by atoms with van der Waals surface area (Å²) in [5.41, 5.74) is 1.04. The Morgan fingerprint density at radius 1 is 1.31 bits per heavy atom. The van der Waals surface area contributed by atoms with Crippen LogP contribution in [-0.2, 0) is 6.42 Å². The van der Waals surface area contributed by atoms with Gasteiger partial charge in [0, 0.05) is 0 Å². The van der Waals surface area contributed by atoms with Gasteiger partial charge in [0.05, 0.1) is 11.5 Å². The van der Waals surface area contributed by atoms with Crippen LogP contribution in [0.3, 0.4) is 0 Å². The Morgan fingerprint density at radius 3 is 2.38 bits per heavy atom. The molecule has 0 unspecified atom stereocenters. The van der Waals surface area contributed by atoms with Crippen LogP contribution in [0.1, 0.15) is 25.8 Å². The Morgan fingerprint density at radius 2 is 1.92 bits per heavy atom. The van der Waals surface area contributed by atoms with Crippen molar-refractivity contribution in [3.8, 4) is 6.07 Å². The molecule has 1 atom stereocenters. The third-order valence-corrected chi connectivity index (χ3v) is 2.49. The van der Waals surface area contributed by atoms with Crippen LogP contribution in [0.2, 0.25) is 0 Å². The van der Waals surface area contributed by atoms with Crippen LogP contribution in [0, 0.1) is 16.7 Å². The van der Waals surface area contributed by atoms with Gasteiger partial charge in [0.25, 0.3) is 0 Å². The smallest absolute Gasteiger partial charge is 0.0690 e. The predicted octanol–water partition coefficient (Wildman–Crippen LogP) is 3.17. The van der Waals surface area contributed by atoms with Crippen LogP contribution >= 0.6 is 0 Å². The largest absolute Gasteiger partial charge is 0.198 e. The Hall–Kier alpha value is -1.29. The molecule has 0 heterocycles. The molecular weight excluding hydrogens is 158 g/mol. The van der Waals surface area contributed by atoms with Crippen LogP contribution < -0.4 is 0 Å². The zero-order valence-corrected chi connectivity index (χ0v) is 8.25. The summed E-state index contributed by atoms with van der Waals surface area (Å²) in [5.74, 6) is 0. The average molecular weight is 173 g/mol. The molecule has 68 valence electrons. The van der Waals surface area contributed by atoms with Gasteiger partial charge in [-0.25, -0.2) is 0 Å². The molecule has 1 rings (SSSR count). The van der Waals surface area contributed by atoms with Crippen molar-refractivity contribution < 1.29 is 0 Å². The minimum Gasteiger partial charge on any atom is -0.198 e. The second-order valence-corrected chi connectivity index (χ2v) is 3.69. The van der Waals surface area contributed by atoms with Gasteiger partial charge in [-0.2, -0.15) is 5.26 Å². The Kier molecular flexibility index (Phi) is 3.08. The van der Waals surface area contributed by atoms with Crippen molar-refractivity contribution in [1.29, 1.82) is 5.26 Å². The van der Waals surface area contributed by atoms with E-state index in [0.29, 0.717) is 0 Å². The number of hydrogen-bond donors (Lipinski definition) is 0. The lowest BCUT2D eigenvalue weighted by molar-refractivity contribution is 0.423. The van der Waals surface area contributed by atoms with E-state index in [9.17, 15) is 0 Å². The monoisotopic (exact) mass is 173 g/mol. The SMILES string of the molecule is CC[C@](C)(C#N)Cc1ccccc1. The first-order valence-corrected chi connectivity index (χ1v) is 4.65. The van der Waals surface area contributed by atoms with Crippen molar-refractivity contribution in [1.82, 2.24) is 0 Å². The van der Waals surface area contributed by atoms with E-state index in [1.165, 1.54) is 5.56 Å². The van der Waals surface area contributed by atoms with E-state index < -0.39 is 0 Å². The maximum absolute atomic E-state index is 9.00. The molecule has 0 bridgehead atoms. The maximum Gasteiger partial charge on any atom is 0.0690 e. The summed E-state index contributed by atoms with van der Waals surface area (Å²) in [7, 11) is 0. The quantitative estimate of drug-likeness (QED) is 0.688. The van der Waals surface area contributed by atoms with Gasteiger partial charge in [0.1, 0.15) is 0 Å². The lowest BCUT2D eigenvalue weighted by atomic mass is 9.83. The van der Waals surface area contributed by atoms with Crippen molar-refractivity contribution in [2.75, 3.05) is 0 Å². The summed E-state index contributed by atoms with van der Waals surface area (Å²) in [5, 5.41) is 9.00. The molecule has 0 fully saturated rings. The molecular formula is C12H15N. The van der Waals surface area contributed by atoms with E-state index in [1.807, 2.05) is 25.1 Å². The van der Waals surface area contributed by atoms with Crippen molar-refractivity contribution >= 4 is 0 Å². The maximum atomic E-state index is 9.00. The number of nitriles is 1. The fourth-order valence-electron chi connectivity index (χ4n) is 1.29. The lowest BCUT2D eigenvalue weighted by Crippen LogP contribution is -2.15. The van der Waals surface area contributed by atoms with Crippen molar-refractivity contribution in [2.45, 2.75) is 26.7 Å². The third-order valence-electron chi connectivity index (χ3n) is 2.49. The first-order chi connectivity index (χ1) is 6.20. The molecule has 0 aliphatic rings. The van der Waals surface area contributed by atoms with Gasteiger partial charge in [-0.15, -0.1) is 0 Å². The van der Waals surface area contributed by atoms with Crippen LogP contribution in [-0.4, -0.2) is 0 Å². The van der Waals surface area contributed by atoms with Crippen molar-refractivity contribution in [3.05, 3.63) is 35.9 Å². The minimum atomic E-state index is -0.207. The molecule has 0 aliphatic heterocycles. The van der Waals surface area contributed by atoms with E-state index in [1.54, 1.807) is 0 Å². The molecule has 0 saturated carbocycles. The summed E-state index contributed by atoms with van der Waals surface area (Å²) >= 11 is 0. The van der Waals surface area contributed by atoms with Crippen molar-refractivity contribution in [2.24, 2.45) is 5.41 Å². The number of nitrogens with zero attached hydrogens (tertiary/aromatic N) is 1. The molecule has 0 aromatic heterocycles. The van der Waals surface area contributed by atoms with Crippen LogP contribution in [0.4, 0.5) is 0 Å². The fraction of sp³-hybridized carbons (Fsp3) is 0.417. The molecule has 0 spiro atoms. The van der Waals surface area contributed by atoms with Crippen LogP contribution in [0.5, 0.6) is 0 Å². The van der Waals surface area contributed by atoms with Crippen molar-refractivity contribution in [3.63, 3.8) is 0 Å². The first-order valence-electron chi connectivity index (χ1n) is 4.65. The standard InChI is InChI=1S/C12H15N/c1-3-12(2,10-13)9-11-7-5-4-6-8-11/h4-8H,3,9H2,1-2H3/t12-/m0/s1. The molecule has 0 N–H and O–H groups in total. The summed E-state index contributed by atoms with van der Waals surface area (Å²) in [6.45, 7) is 4.08. The van der Waals surface area contributed by atoms with E-state index in [2.05, 4.69) is 25.1 Å². The van der Waals surface area contributed by atoms with E-state index in [-0.39, 0.29) is 5.41 Å². The third kappa shape index (κ3) is 2.59. The number of rotatable bonds is 3. The highest BCUT2D eigenvalue weighted by molar-refractivity contribution is 5.18. The number of hydrogen-bond acceptors (Lipinski definition) is 1. The van der Waals surface area contributed by atoms with Crippen LogP contribution in [0.15, 0.2) is 30.3 Å². The van der Waals surface area contributed by atoms with Gasteiger partial charge < -0.3 is 0 Å². The molecule has 13 heavy (non-hydrogen) atoms. The molecule has 1 nitrogen and oxygen atoms in total. The van der Waals surface area contributed by atoms with E-state index >= 15 is 0 Å². The topological polar surface area (TPSA) is 23.8 Å². The minimum absolute atomic E-state index is 0.207. The van der Waals surface area contributed by atoms with Gasteiger partial charge in [0.15, 0.2) is 0 Å². The zero-order chi connectivity index (χ0) is 9.73. The van der Waals surface area contributed by atoms with Crippen LogP contribution in [0.25, 0.3) is 0 Å². The summed E-state index contributed by atoms with van der Waals surface area (Å²) in [6.07, 6.45) is 1.75. The highest BCUT2D eigenvalue weighted by atomic mass is 14.3. The Bertz CT molecular complexity index is 297. The second kappa shape index (κ2) is 4.09. The van der Waals surface area contributed by atoms with Gasteiger partial charge >= 0.3 is 0 Å². The van der Waals surface area contributed by atoms with Gasteiger partial charge in [-0.1, -0.05) is 37.3 Å². The van der Waals surface area contributed by atoms with Gasteiger partial charge in [-0.05, 0) is 25.3 Å². The molecule has 1 aromatic carbocycles. The molecule has 0 radical (unpaired) electrons. The predicted molar refractivity (Wildman–Crippen MR) is 54.2 cm³/mol. The second-order valence-electron chi connectivity index (χ2n) is 3.69. The fourth-order valence-corrected chi connectivity index (χ4v) is 1.29. The summed E-state index contributed by atoms with van der Waals surface area (Å²) in [4.78, 5) is 0. The molecule has 1 heteroatoms. The summed E-state index contributed by atoms with van der Waals surface area (Å²) in [6, 6.07) is 12.6. The lowest BCUT2D eigenvalue weighted by Gasteiger charge is -2.18. The highest BCUT2D eigenvalue weighted by Crippen LogP contribution is 2.24.